The molecule has 8 heteroatoms. The summed E-state index contributed by atoms with van der Waals surface area (Å²) in [5.41, 5.74) is -0.808. The first-order valence-electron chi connectivity index (χ1n) is 5.92. The fraction of sp³-hybridized carbons (Fsp3) is 0.333. The highest BCUT2D eigenvalue weighted by Crippen LogP contribution is 2.31. The van der Waals surface area contributed by atoms with Gasteiger partial charge in [0.2, 0.25) is 5.75 Å². The van der Waals surface area contributed by atoms with Gasteiger partial charge in [-0.3, -0.25) is 14.9 Å². The van der Waals surface area contributed by atoms with Gasteiger partial charge in [-0.1, -0.05) is 6.07 Å². The minimum absolute atomic E-state index is 0.314. The number of nitro benzene ring substituents is 1. The summed E-state index contributed by atoms with van der Waals surface area (Å²) in [5, 5.41) is 19.9. The number of likely N-dealkylation sites (tertiary alicyclic amines) is 1. The summed E-state index contributed by atoms with van der Waals surface area (Å²) in [4.78, 5) is 34.4. The van der Waals surface area contributed by atoms with Crippen molar-refractivity contribution in [3.63, 3.8) is 0 Å². The van der Waals surface area contributed by atoms with E-state index in [9.17, 15) is 19.7 Å². The number of ether oxygens (including phenoxy) is 1. The molecular weight excluding hydrogens is 268 g/mol. The maximum absolute atomic E-state index is 11.6. The summed E-state index contributed by atoms with van der Waals surface area (Å²) in [6.07, 6.45) is 0.914. The quantitative estimate of drug-likeness (QED) is 0.634. The highest BCUT2D eigenvalue weighted by Gasteiger charge is 2.26. The molecule has 1 aliphatic heterocycles. The SMILES string of the molecule is O=C(O)c1cccc([N+](=O)[O-])c1OCC(=O)N1CCC1. The molecule has 1 heterocycles. The van der Waals surface area contributed by atoms with Gasteiger partial charge >= 0.3 is 11.7 Å². The van der Waals surface area contributed by atoms with Crippen molar-refractivity contribution in [1.82, 2.24) is 4.90 Å². The molecule has 1 amide bonds. The van der Waals surface area contributed by atoms with E-state index in [0.29, 0.717) is 13.1 Å². The number of carboxylic acid groups (broad SMARTS) is 1. The van der Waals surface area contributed by atoms with Gasteiger partial charge in [-0.15, -0.1) is 0 Å². The molecule has 0 aromatic heterocycles. The molecule has 1 N–H and O–H groups in total. The van der Waals surface area contributed by atoms with Crippen molar-refractivity contribution in [1.29, 1.82) is 0 Å². The van der Waals surface area contributed by atoms with Gasteiger partial charge in [0.05, 0.1) is 4.92 Å². The number of carboxylic acids is 1. The lowest BCUT2D eigenvalue weighted by Crippen LogP contribution is -2.44. The van der Waals surface area contributed by atoms with Gasteiger partial charge in [0, 0.05) is 19.2 Å². The van der Waals surface area contributed by atoms with Crippen LogP contribution >= 0.6 is 0 Å². The first kappa shape index (κ1) is 13.8. The molecule has 0 unspecified atom stereocenters. The molecule has 0 aliphatic carbocycles. The predicted octanol–water partition coefficient (Wildman–Crippen LogP) is 0.904. The van der Waals surface area contributed by atoms with Gasteiger partial charge in [-0.25, -0.2) is 4.79 Å². The Morgan fingerprint density at radius 3 is 2.60 bits per heavy atom. The van der Waals surface area contributed by atoms with Crippen molar-refractivity contribution in [3.8, 4) is 5.75 Å². The lowest BCUT2D eigenvalue weighted by atomic mass is 10.1. The summed E-state index contributed by atoms with van der Waals surface area (Å²) in [6, 6.07) is 3.58. The zero-order valence-electron chi connectivity index (χ0n) is 10.4. The second kappa shape index (κ2) is 5.55. The van der Waals surface area contributed by atoms with Gasteiger partial charge in [0.1, 0.15) is 5.56 Å². The molecule has 8 nitrogen and oxygen atoms in total. The van der Waals surface area contributed by atoms with Crippen LogP contribution in [0.5, 0.6) is 5.75 Å². The minimum Gasteiger partial charge on any atom is -0.478 e. The Hall–Kier alpha value is -2.64. The first-order valence-corrected chi connectivity index (χ1v) is 5.92. The van der Waals surface area contributed by atoms with Crippen molar-refractivity contribution < 1.29 is 24.4 Å². The smallest absolute Gasteiger partial charge is 0.339 e. The minimum atomic E-state index is -1.35. The second-order valence-electron chi connectivity index (χ2n) is 4.24. The summed E-state index contributed by atoms with van der Waals surface area (Å²) in [6.45, 7) is 0.848. The largest absolute Gasteiger partial charge is 0.478 e. The van der Waals surface area contributed by atoms with Crippen molar-refractivity contribution in [2.75, 3.05) is 19.7 Å². The molecule has 1 aromatic rings. The monoisotopic (exact) mass is 280 g/mol. The van der Waals surface area contributed by atoms with Crippen LogP contribution in [0.15, 0.2) is 18.2 Å². The number of hydrogen-bond donors (Lipinski definition) is 1. The highest BCUT2D eigenvalue weighted by atomic mass is 16.6. The summed E-state index contributed by atoms with van der Waals surface area (Å²) >= 11 is 0. The fourth-order valence-electron chi connectivity index (χ4n) is 1.78. The molecule has 2 rings (SSSR count). The predicted molar refractivity (Wildman–Crippen MR) is 66.7 cm³/mol. The molecule has 0 bridgehead atoms. The van der Waals surface area contributed by atoms with Crippen LogP contribution in [0.3, 0.4) is 0 Å². The average molecular weight is 280 g/mol. The van der Waals surface area contributed by atoms with Crippen LogP contribution in [0.25, 0.3) is 0 Å². The number of carbonyl (C=O) groups excluding carboxylic acids is 1. The molecular formula is C12H12N2O6. The van der Waals surface area contributed by atoms with E-state index < -0.39 is 23.2 Å². The number of aromatic carboxylic acids is 1. The molecule has 0 saturated carbocycles. The van der Waals surface area contributed by atoms with Crippen LogP contribution in [0.2, 0.25) is 0 Å². The van der Waals surface area contributed by atoms with Crippen molar-refractivity contribution >= 4 is 17.6 Å². The average Bonchev–Trinajstić information content (AvgIpc) is 2.33. The maximum Gasteiger partial charge on any atom is 0.339 e. The third-order valence-electron chi connectivity index (χ3n) is 2.97. The topological polar surface area (TPSA) is 110 Å². The highest BCUT2D eigenvalue weighted by molar-refractivity contribution is 5.92. The van der Waals surface area contributed by atoms with Crippen LogP contribution < -0.4 is 4.74 Å². The summed E-state index contributed by atoms with van der Waals surface area (Å²) < 4.78 is 5.10. The number of rotatable bonds is 5. The van der Waals surface area contributed by atoms with Crippen LogP contribution in [0.1, 0.15) is 16.8 Å². The fourth-order valence-corrected chi connectivity index (χ4v) is 1.78. The van der Waals surface area contributed by atoms with Crippen LogP contribution in [-0.4, -0.2) is 46.5 Å². The number of hydrogen-bond acceptors (Lipinski definition) is 5. The number of nitrogens with zero attached hydrogens (tertiary/aromatic N) is 2. The first-order chi connectivity index (χ1) is 9.50. The number of carbonyl (C=O) groups is 2. The van der Waals surface area contributed by atoms with Gasteiger partial charge in [0.15, 0.2) is 6.61 Å². The Balaban J connectivity index is 2.21. The van der Waals surface area contributed by atoms with E-state index in [2.05, 4.69) is 0 Å². The zero-order chi connectivity index (χ0) is 14.7. The molecule has 1 aromatic carbocycles. The molecule has 0 spiro atoms. The van der Waals surface area contributed by atoms with E-state index in [1.807, 2.05) is 0 Å². The zero-order valence-corrected chi connectivity index (χ0v) is 10.4. The summed E-state index contributed by atoms with van der Waals surface area (Å²) in [5.74, 6) is -2.05. The lowest BCUT2D eigenvalue weighted by Gasteiger charge is -2.30. The number of nitro groups is 1. The van der Waals surface area contributed by atoms with Crippen LogP contribution in [0, 0.1) is 10.1 Å². The number of benzene rings is 1. The standard InChI is InChI=1S/C12H12N2O6/c15-10(13-5-2-6-13)7-20-11-8(12(16)17)3-1-4-9(11)14(18)19/h1,3-4H,2,5-7H2,(H,16,17). The Morgan fingerprint density at radius 1 is 1.40 bits per heavy atom. The molecule has 20 heavy (non-hydrogen) atoms. The van der Waals surface area contributed by atoms with Crippen molar-refractivity contribution in [3.05, 3.63) is 33.9 Å². The van der Waals surface area contributed by atoms with E-state index in [0.717, 1.165) is 12.5 Å². The maximum atomic E-state index is 11.6. The molecule has 0 atom stereocenters. The molecule has 0 radical (unpaired) electrons. The van der Waals surface area contributed by atoms with E-state index in [4.69, 9.17) is 9.84 Å². The molecule has 106 valence electrons. The Bertz CT molecular complexity index is 535. The lowest BCUT2D eigenvalue weighted by molar-refractivity contribution is -0.385. The summed E-state index contributed by atoms with van der Waals surface area (Å²) in [7, 11) is 0. The Morgan fingerprint density at radius 2 is 2.10 bits per heavy atom. The van der Waals surface area contributed by atoms with E-state index in [1.165, 1.54) is 17.0 Å². The van der Waals surface area contributed by atoms with Gasteiger partial charge in [-0.2, -0.15) is 0 Å². The van der Waals surface area contributed by atoms with E-state index >= 15 is 0 Å². The van der Waals surface area contributed by atoms with Gasteiger partial charge in [0.25, 0.3) is 5.91 Å². The Kier molecular flexibility index (Phi) is 3.83. The second-order valence-corrected chi connectivity index (χ2v) is 4.24. The van der Waals surface area contributed by atoms with E-state index in [-0.39, 0.29) is 17.2 Å². The third kappa shape index (κ3) is 2.68. The van der Waals surface area contributed by atoms with Crippen LogP contribution in [0.4, 0.5) is 5.69 Å². The van der Waals surface area contributed by atoms with Crippen molar-refractivity contribution in [2.24, 2.45) is 0 Å². The van der Waals surface area contributed by atoms with Crippen LogP contribution in [-0.2, 0) is 4.79 Å². The third-order valence-corrected chi connectivity index (χ3v) is 2.97. The number of para-hydroxylation sites is 1. The van der Waals surface area contributed by atoms with E-state index in [1.54, 1.807) is 0 Å². The normalized spacial score (nSPS) is 13.5. The number of amides is 1. The van der Waals surface area contributed by atoms with Gasteiger partial charge < -0.3 is 14.7 Å². The van der Waals surface area contributed by atoms with Gasteiger partial charge in [-0.05, 0) is 12.5 Å². The molecule has 1 aliphatic rings. The molecule has 1 saturated heterocycles. The van der Waals surface area contributed by atoms with Crippen molar-refractivity contribution in [2.45, 2.75) is 6.42 Å². The Labute approximate surface area is 113 Å². The molecule has 1 fully saturated rings.